The molecular weight excluding hydrogens is 398 g/mol. The van der Waals surface area contributed by atoms with Crippen LogP contribution in [0.5, 0.6) is 11.5 Å². The van der Waals surface area contributed by atoms with Crippen molar-refractivity contribution in [3.8, 4) is 11.5 Å². The lowest BCUT2D eigenvalue weighted by Gasteiger charge is -2.31. The van der Waals surface area contributed by atoms with Gasteiger partial charge in [-0.15, -0.1) is 0 Å². The number of para-hydroxylation sites is 2. The molecule has 8 nitrogen and oxygen atoms in total. The van der Waals surface area contributed by atoms with Gasteiger partial charge in [-0.25, -0.2) is 4.79 Å². The van der Waals surface area contributed by atoms with Gasteiger partial charge < -0.3 is 20.1 Å². The van der Waals surface area contributed by atoms with Gasteiger partial charge >= 0.3 is 6.03 Å². The van der Waals surface area contributed by atoms with Crippen LogP contribution in [0.25, 0.3) is 0 Å². The Morgan fingerprint density at radius 3 is 2.26 bits per heavy atom. The first-order chi connectivity index (χ1) is 14.7. The van der Waals surface area contributed by atoms with E-state index in [1.54, 1.807) is 26.8 Å². The lowest BCUT2D eigenvalue weighted by atomic mass is 10.1. The van der Waals surface area contributed by atoms with Gasteiger partial charge in [-0.2, -0.15) is 0 Å². The van der Waals surface area contributed by atoms with Gasteiger partial charge in [-0.1, -0.05) is 36.4 Å². The van der Waals surface area contributed by atoms with Gasteiger partial charge in [0.15, 0.2) is 11.5 Å². The molecule has 0 bridgehead atoms. The van der Waals surface area contributed by atoms with Crippen LogP contribution in [0, 0.1) is 0 Å². The van der Waals surface area contributed by atoms with Crippen LogP contribution in [-0.2, 0) is 22.7 Å². The molecule has 1 saturated heterocycles. The van der Waals surface area contributed by atoms with Gasteiger partial charge in [0.1, 0.15) is 11.6 Å². The standard InChI is InChI=1S/C23H25N3O5/c1-14-19(31-18-7-5-4-6-17(18)30-14)20(27)24-12-15-8-10-16(11-9-15)13-26-21(28)23(2,3)25-22(26)29/h4-11,14,19H,12-13H2,1-3H3,(H,24,27)(H,25,29)/t14-,19+/m0/s1. The largest absolute Gasteiger partial charge is 0.482 e. The third kappa shape index (κ3) is 4.19. The first-order valence-electron chi connectivity index (χ1n) is 10.2. The molecule has 2 atom stereocenters. The van der Waals surface area contributed by atoms with Gasteiger partial charge in [0, 0.05) is 6.54 Å². The van der Waals surface area contributed by atoms with E-state index in [1.807, 2.05) is 42.5 Å². The molecule has 2 N–H and O–H groups in total. The Labute approximate surface area is 180 Å². The lowest BCUT2D eigenvalue weighted by molar-refractivity contribution is -0.133. The van der Waals surface area contributed by atoms with Crippen molar-refractivity contribution in [1.82, 2.24) is 15.5 Å². The smallest absolute Gasteiger partial charge is 0.325 e. The maximum absolute atomic E-state index is 12.6. The molecule has 8 heteroatoms. The van der Waals surface area contributed by atoms with Crippen molar-refractivity contribution in [1.29, 1.82) is 0 Å². The number of rotatable bonds is 5. The van der Waals surface area contributed by atoms with E-state index < -0.39 is 23.8 Å². The van der Waals surface area contributed by atoms with E-state index in [0.717, 1.165) is 11.1 Å². The van der Waals surface area contributed by atoms with Crippen LogP contribution >= 0.6 is 0 Å². The van der Waals surface area contributed by atoms with Crippen molar-refractivity contribution in [2.75, 3.05) is 0 Å². The molecule has 0 aliphatic carbocycles. The number of urea groups is 1. The second kappa shape index (κ2) is 7.94. The molecule has 2 aliphatic heterocycles. The fraction of sp³-hybridized carbons (Fsp3) is 0.348. The Hall–Kier alpha value is -3.55. The topological polar surface area (TPSA) is 97.0 Å². The minimum atomic E-state index is -0.885. The van der Waals surface area contributed by atoms with Crippen molar-refractivity contribution in [2.45, 2.75) is 51.6 Å². The monoisotopic (exact) mass is 423 g/mol. The molecule has 4 amide bonds. The number of imide groups is 1. The van der Waals surface area contributed by atoms with E-state index in [2.05, 4.69) is 10.6 Å². The lowest BCUT2D eigenvalue weighted by Crippen LogP contribution is -2.48. The summed E-state index contributed by atoms with van der Waals surface area (Å²) in [6, 6.07) is 14.3. The summed E-state index contributed by atoms with van der Waals surface area (Å²) in [6.45, 7) is 5.68. The Morgan fingerprint density at radius 2 is 1.65 bits per heavy atom. The molecular formula is C23H25N3O5. The summed E-state index contributed by atoms with van der Waals surface area (Å²) in [7, 11) is 0. The number of nitrogens with zero attached hydrogens (tertiary/aromatic N) is 1. The highest BCUT2D eigenvalue weighted by Gasteiger charge is 2.44. The Morgan fingerprint density at radius 1 is 1.03 bits per heavy atom. The molecule has 0 aromatic heterocycles. The van der Waals surface area contributed by atoms with Crippen LogP contribution in [0.2, 0.25) is 0 Å². The highest BCUT2D eigenvalue weighted by molar-refractivity contribution is 6.06. The molecule has 162 valence electrons. The summed E-state index contributed by atoms with van der Waals surface area (Å²) < 4.78 is 11.6. The second-order valence-electron chi connectivity index (χ2n) is 8.29. The summed E-state index contributed by atoms with van der Waals surface area (Å²) in [6.07, 6.45) is -1.15. The number of hydrogen-bond acceptors (Lipinski definition) is 5. The summed E-state index contributed by atoms with van der Waals surface area (Å²) in [5, 5.41) is 5.54. The molecule has 0 unspecified atom stereocenters. The van der Waals surface area contributed by atoms with Gasteiger partial charge in [0.2, 0.25) is 6.10 Å². The zero-order valence-corrected chi connectivity index (χ0v) is 17.7. The zero-order chi connectivity index (χ0) is 22.2. The van der Waals surface area contributed by atoms with E-state index >= 15 is 0 Å². The predicted molar refractivity (Wildman–Crippen MR) is 112 cm³/mol. The van der Waals surface area contributed by atoms with E-state index in [9.17, 15) is 14.4 Å². The second-order valence-corrected chi connectivity index (χ2v) is 8.29. The normalized spacial score (nSPS) is 21.6. The minimum Gasteiger partial charge on any atom is -0.482 e. The van der Waals surface area contributed by atoms with E-state index in [1.165, 1.54) is 4.90 Å². The van der Waals surface area contributed by atoms with Crippen LogP contribution in [-0.4, -0.2) is 40.5 Å². The third-order valence-electron chi connectivity index (χ3n) is 5.38. The van der Waals surface area contributed by atoms with Gasteiger partial charge in [-0.05, 0) is 44.0 Å². The van der Waals surface area contributed by atoms with Crippen molar-refractivity contribution in [3.63, 3.8) is 0 Å². The Balaban J connectivity index is 1.33. The summed E-state index contributed by atoms with van der Waals surface area (Å²) in [5.41, 5.74) is 0.828. The quantitative estimate of drug-likeness (QED) is 0.720. The summed E-state index contributed by atoms with van der Waals surface area (Å²) >= 11 is 0. The van der Waals surface area contributed by atoms with E-state index in [0.29, 0.717) is 18.0 Å². The van der Waals surface area contributed by atoms with Crippen molar-refractivity contribution in [2.24, 2.45) is 0 Å². The molecule has 0 radical (unpaired) electrons. The minimum absolute atomic E-state index is 0.199. The van der Waals surface area contributed by atoms with Crippen molar-refractivity contribution >= 4 is 17.8 Å². The highest BCUT2D eigenvalue weighted by atomic mass is 16.6. The number of hydrogen-bond donors (Lipinski definition) is 2. The maximum Gasteiger partial charge on any atom is 0.325 e. The molecule has 0 spiro atoms. The molecule has 4 rings (SSSR count). The van der Waals surface area contributed by atoms with Crippen LogP contribution in [0.3, 0.4) is 0 Å². The van der Waals surface area contributed by atoms with E-state index in [-0.39, 0.29) is 18.4 Å². The SMILES string of the molecule is C[C@@H]1Oc2ccccc2O[C@H]1C(=O)NCc1ccc(CN2C(=O)NC(C)(C)C2=O)cc1. The molecule has 2 aromatic carbocycles. The Bertz CT molecular complexity index is 1020. The van der Waals surface area contributed by atoms with Crippen molar-refractivity contribution < 1.29 is 23.9 Å². The van der Waals surface area contributed by atoms with Gasteiger partial charge in [0.25, 0.3) is 11.8 Å². The van der Waals surface area contributed by atoms with Crippen LogP contribution in [0.1, 0.15) is 31.9 Å². The number of carbonyl (C=O) groups is 3. The summed E-state index contributed by atoms with van der Waals surface area (Å²) in [4.78, 5) is 38.2. The number of benzene rings is 2. The number of amides is 4. The predicted octanol–water partition coefficient (Wildman–Crippen LogP) is 2.36. The average molecular weight is 423 g/mol. The number of fused-ring (bicyclic) bond motifs is 1. The average Bonchev–Trinajstić information content (AvgIpc) is 2.94. The molecule has 2 aromatic rings. The first-order valence-corrected chi connectivity index (χ1v) is 10.2. The highest BCUT2D eigenvalue weighted by Crippen LogP contribution is 2.33. The maximum atomic E-state index is 12.6. The number of carbonyl (C=O) groups excluding carboxylic acids is 3. The molecule has 2 aliphatic rings. The third-order valence-corrected chi connectivity index (χ3v) is 5.38. The van der Waals surface area contributed by atoms with Crippen LogP contribution in [0.4, 0.5) is 4.79 Å². The van der Waals surface area contributed by atoms with Gasteiger partial charge in [0.05, 0.1) is 6.54 Å². The fourth-order valence-electron chi connectivity index (χ4n) is 3.60. The Kier molecular flexibility index (Phi) is 5.31. The zero-order valence-electron chi connectivity index (χ0n) is 17.7. The van der Waals surface area contributed by atoms with E-state index in [4.69, 9.17) is 9.47 Å². The van der Waals surface area contributed by atoms with Gasteiger partial charge in [-0.3, -0.25) is 14.5 Å². The van der Waals surface area contributed by atoms with Crippen molar-refractivity contribution in [3.05, 3.63) is 59.7 Å². The van der Waals surface area contributed by atoms with Crippen LogP contribution in [0.15, 0.2) is 48.5 Å². The summed E-state index contributed by atoms with van der Waals surface area (Å²) in [5.74, 6) is 0.670. The molecule has 31 heavy (non-hydrogen) atoms. The molecule has 2 heterocycles. The molecule has 0 saturated carbocycles. The first kappa shape index (κ1) is 20.7. The van der Waals surface area contributed by atoms with Crippen LogP contribution < -0.4 is 20.1 Å². The number of nitrogens with one attached hydrogen (secondary N) is 2. The fourth-order valence-corrected chi connectivity index (χ4v) is 3.60. The molecule has 1 fully saturated rings. The number of ether oxygens (including phenoxy) is 2.